The average molecular weight is 431 g/mol. The van der Waals surface area contributed by atoms with Gasteiger partial charge in [0, 0.05) is 28.4 Å². The fourth-order valence-electron chi connectivity index (χ4n) is 3.42. The molecule has 0 fully saturated rings. The second-order valence-corrected chi connectivity index (χ2v) is 7.18. The van der Waals surface area contributed by atoms with E-state index < -0.39 is 5.97 Å². The van der Waals surface area contributed by atoms with E-state index in [-0.39, 0.29) is 24.9 Å². The van der Waals surface area contributed by atoms with Crippen LogP contribution in [0.25, 0.3) is 11.6 Å². The lowest BCUT2D eigenvalue weighted by atomic mass is 10.0. The Balaban J connectivity index is 2.05. The number of benzene rings is 1. The van der Waals surface area contributed by atoms with Gasteiger partial charge >= 0.3 is 11.9 Å². The molecule has 1 aliphatic heterocycles. The number of H-pyrrole nitrogens is 1. The second-order valence-electron chi connectivity index (χ2n) is 6.74. The standard InChI is InChI=1S/C22H23ClN2O5/c1-4-29-19(26)9-7-14-12(3)20(22(28)30-5-2)24-18(14)11-16-15-10-13(23)6-8-17(15)25-21(16)27/h6,8,10-11,24H,4-5,7,9H2,1-3H3,(H,25,27)/b16-11-. The van der Waals surface area contributed by atoms with Crippen molar-refractivity contribution in [1.29, 1.82) is 0 Å². The van der Waals surface area contributed by atoms with Crippen LogP contribution in [0.2, 0.25) is 5.02 Å². The molecule has 0 unspecified atom stereocenters. The molecular weight excluding hydrogens is 408 g/mol. The van der Waals surface area contributed by atoms with Gasteiger partial charge in [-0.25, -0.2) is 4.79 Å². The molecular formula is C22H23ClN2O5. The molecule has 8 heteroatoms. The summed E-state index contributed by atoms with van der Waals surface area (Å²) in [5, 5.41) is 3.31. The Morgan fingerprint density at radius 1 is 1.17 bits per heavy atom. The fourth-order valence-corrected chi connectivity index (χ4v) is 3.59. The van der Waals surface area contributed by atoms with Crippen molar-refractivity contribution in [1.82, 2.24) is 4.98 Å². The minimum Gasteiger partial charge on any atom is -0.466 e. The summed E-state index contributed by atoms with van der Waals surface area (Å²) < 4.78 is 10.1. The number of carbonyl (C=O) groups excluding carboxylic acids is 3. The summed E-state index contributed by atoms with van der Waals surface area (Å²) in [6, 6.07) is 5.15. The topological polar surface area (TPSA) is 97.5 Å². The van der Waals surface area contributed by atoms with E-state index in [0.29, 0.717) is 51.8 Å². The number of anilines is 1. The van der Waals surface area contributed by atoms with Crippen molar-refractivity contribution in [3.05, 3.63) is 51.3 Å². The van der Waals surface area contributed by atoms with Crippen molar-refractivity contribution in [2.45, 2.75) is 33.6 Å². The maximum atomic E-state index is 12.5. The number of amides is 1. The third-order valence-electron chi connectivity index (χ3n) is 4.83. The van der Waals surface area contributed by atoms with Crippen molar-refractivity contribution in [2.75, 3.05) is 18.5 Å². The van der Waals surface area contributed by atoms with E-state index >= 15 is 0 Å². The summed E-state index contributed by atoms with van der Waals surface area (Å²) in [6.07, 6.45) is 2.18. The van der Waals surface area contributed by atoms with Gasteiger partial charge in [0.05, 0.1) is 18.8 Å². The van der Waals surface area contributed by atoms with Gasteiger partial charge in [-0.05, 0) is 62.6 Å². The van der Waals surface area contributed by atoms with Crippen LogP contribution in [0.1, 0.15) is 53.1 Å². The number of rotatable bonds is 7. The number of aromatic nitrogens is 1. The molecule has 30 heavy (non-hydrogen) atoms. The van der Waals surface area contributed by atoms with Crippen molar-refractivity contribution in [3.8, 4) is 0 Å². The molecule has 1 aromatic heterocycles. The molecule has 0 radical (unpaired) electrons. The molecule has 0 saturated carbocycles. The summed E-state index contributed by atoms with van der Waals surface area (Å²) in [4.78, 5) is 39.8. The van der Waals surface area contributed by atoms with E-state index in [9.17, 15) is 14.4 Å². The number of fused-ring (bicyclic) bond motifs is 1. The minimum atomic E-state index is -0.489. The highest BCUT2D eigenvalue weighted by Crippen LogP contribution is 2.36. The first-order valence-electron chi connectivity index (χ1n) is 9.72. The second kappa shape index (κ2) is 9.17. The Bertz CT molecular complexity index is 1040. The van der Waals surface area contributed by atoms with Gasteiger partial charge in [0.25, 0.3) is 5.91 Å². The highest BCUT2D eigenvalue weighted by Gasteiger charge is 2.26. The quantitative estimate of drug-likeness (QED) is 0.508. The van der Waals surface area contributed by atoms with Crippen molar-refractivity contribution in [2.24, 2.45) is 0 Å². The zero-order valence-corrected chi connectivity index (χ0v) is 17.8. The van der Waals surface area contributed by atoms with Gasteiger partial charge in [-0.15, -0.1) is 0 Å². The molecule has 1 amide bonds. The van der Waals surface area contributed by atoms with E-state index in [1.54, 1.807) is 45.0 Å². The first kappa shape index (κ1) is 21.6. The minimum absolute atomic E-state index is 0.152. The van der Waals surface area contributed by atoms with Crippen LogP contribution in [-0.4, -0.2) is 36.0 Å². The predicted molar refractivity (Wildman–Crippen MR) is 114 cm³/mol. The number of hydrogen-bond donors (Lipinski definition) is 2. The van der Waals surface area contributed by atoms with Gasteiger partial charge in [-0.3, -0.25) is 9.59 Å². The van der Waals surface area contributed by atoms with Crippen molar-refractivity contribution < 1.29 is 23.9 Å². The molecule has 1 aromatic carbocycles. The van der Waals surface area contributed by atoms with Crippen LogP contribution in [0.3, 0.4) is 0 Å². The number of aromatic amines is 1. The molecule has 158 valence electrons. The Hall–Kier alpha value is -3.06. The molecule has 2 heterocycles. The first-order valence-corrected chi connectivity index (χ1v) is 10.1. The van der Waals surface area contributed by atoms with Crippen LogP contribution >= 0.6 is 11.6 Å². The van der Waals surface area contributed by atoms with Gasteiger partial charge in [-0.2, -0.15) is 0 Å². The SMILES string of the molecule is CCOC(=O)CCc1c(/C=C2\C(=O)Nc3ccc(Cl)cc32)[nH]c(C(=O)OCC)c1C. The van der Waals surface area contributed by atoms with E-state index in [4.69, 9.17) is 21.1 Å². The van der Waals surface area contributed by atoms with Gasteiger partial charge < -0.3 is 19.8 Å². The van der Waals surface area contributed by atoms with Crippen LogP contribution in [0.4, 0.5) is 5.69 Å². The Morgan fingerprint density at radius 3 is 2.60 bits per heavy atom. The summed E-state index contributed by atoms with van der Waals surface area (Å²) in [5.41, 5.74) is 4.05. The zero-order valence-electron chi connectivity index (χ0n) is 17.1. The van der Waals surface area contributed by atoms with E-state index in [1.807, 2.05) is 0 Å². The van der Waals surface area contributed by atoms with E-state index in [2.05, 4.69) is 10.3 Å². The van der Waals surface area contributed by atoms with Gasteiger partial charge in [0.15, 0.2) is 0 Å². The van der Waals surface area contributed by atoms with Crippen LogP contribution < -0.4 is 5.32 Å². The lowest BCUT2D eigenvalue weighted by Gasteiger charge is -2.05. The summed E-state index contributed by atoms with van der Waals surface area (Å²) in [5.74, 6) is -1.09. The van der Waals surface area contributed by atoms with Gasteiger partial charge in [0.1, 0.15) is 5.69 Å². The molecule has 3 rings (SSSR count). The normalized spacial score (nSPS) is 13.9. The Morgan fingerprint density at radius 2 is 1.90 bits per heavy atom. The molecule has 7 nitrogen and oxygen atoms in total. The predicted octanol–water partition coefficient (Wildman–Crippen LogP) is 4.14. The van der Waals surface area contributed by atoms with E-state index in [0.717, 1.165) is 5.56 Å². The van der Waals surface area contributed by atoms with Crippen molar-refractivity contribution >= 4 is 46.8 Å². The summed E-state index contributed by atoms with van der Waals surface area (Å²) >= 11 is 6.10. The third-order valence-corrected chi connectivity index (χ3v) is 5.06. The third kappa shape index (κ3) is 4.41. The van der Waals surface area contributed by atoms with Crippen LogP contribution in [0.5, 0.6) is 0 Å². The summed E-state index contributed by atoms with van der Waals surface area (Å²) in [6.45, 7) is 5.79. The molecule has 0 bridgehead atoms. The highest BCUT2D eigenvalue weighted by molar-refractivity contribution is 6.36. The molecule has 0 saturated heterocycles. The van der Waals surface area contributed by atoms with Crippen molar-refractivity contribution in [3.63, 3.8) is 0 Å². The number of halogens is 1. The van der Waals surface area contributed by atoms with Crippen LogP contribution in [-0.2, 0) is 25.5 Å². The molecule has 0 spiro atoms. The maximum Gasteiger partial charge on any atom is 0.355 e. The maximum absolute atomic E-state index is 12.5. The molecule has 1 aliphatic rings. The average Bonchev–Trinajstić information content (AvgIpc) is 3.17. The molecule has 0 aliphatic carbocycles. The number of hydrogen-bond acceptors (Lipinski definition) is 5. The lowest BCUT2D eigenvalue weighted by Crippen LogP contribution is -2.07. The smallest absolute Gasteiger partial charge is 0.355 e. The molecule has 0 atom stereocenters. The van der Waals surface area contributed by atoms with Crippen LogP contribution in [0, 0.1) is 6.92 Å². The lowest BCUT2D eigenvalue weighted by molar-refractivity contribution is -0.143. The molecule has 2 aromatic rings. The van der Waals surface area contributed by atoms with E-state index in [1.165, 1.54) is 0 Å². The number of esters is 2. The zero-order chi connectivity index (χ0) is 21.8. The van der Waals surface area contributed by atoms with Gasteiger partial charge in [-0.1, -0.05) is 11.6 Å². The first-order chi connectivity index (χ1) is 14.3. The monoisotopic (exact) mass is 430 g/mol. The largest absolute Gasteiger partial charge is 0.466 e. The molecule has 2 N–H and O–H groups in total. The number of carbonyl (C=O) groups is 3. The van der Waals surface area contributed by atoms with Crippen LogP contribution in [0.15, 0.2) is 18.2 Å². The van der Waals surface area contributed by atoms with Gasteiger partial charge in [0.2, 0.25) is 0 Å². The number of nitrogens with one attached hydrogen (secondary N) is 2. The fraction of sp³-hybridized carbons (Fsp3) is 0.318. The highest BCUT2D eigenvalue weighted by atomic mass is 35.5. The Kier molecular flexibility index (Phi) is 6.62. The summed E-state index contributed by atoms with van der Waals surface area (Å²) in [7, 11) is 0. The Labute approximate surface area is 179 Å². The number of ether oxygens (including phenoxy) is 2.